The molecule has 1 unspecified atom stereocenters. The van der Waals surface area contributed by atoms with Gasteiger partial charge in [0.2, 0.25) is 16.6 Å². The smallest absolute Gasteiger partial charge is 0.461 e. The number of rotatable bonds is 7. The fourth-order valence-electron chi connectivity index (χ4n) is 3.88. The zero-order valence-electron chi connectivity index (χ0n) is 21.3. The third-order valence-corrected chi connectivity index (χ3v) is 6.73. The van der Waals surface area contributed by atoms with E-state index < -0.39 is 38.8 Å². The summed E-state index contributed by atoms with van der Waals surface area (Å²) in [7, 11) is -2.85. The molecule has 0 fully saturated rings. The van der Waals surface area contributed by atoms with Gasteiger partial charge in [-0.05, 0) is 55.3 Å². The molecule has 204 valence electrons. The van der Waals surface area contributed by atoms with Gasteiger partial charge in [-0.25, -0.2) is 19.0 Å². The number of fused-ring (bicyclic) bond motifs is 1. The molecule has 0 bridgehead atoms. The predicted molar refractivity (Wildman–Crippen MR) is 136 cm³/mol. The van der Waals surface area contributed by atoms with Gasteiger partial charge in [-0.15, -0.1) is 0 Å². The fraction of sp³-hybridized carbons (Fsp3) is 0.292. The number of hydrogen-bond donors (Lipinski definition) is 0. The number of pyridine rings is 1. The van der Waals surface area contributed by atoms with Crippen molar-refractivity contribution in [2.45, 2.75) is 26.3 Å². The standard InChI is InChI=1S/C24H23F3N7O4S/c1-5-32(6-2)15-10-11-16(14(3)13-15)29-18-19(23(36)39(37)24(25,26)27)30-34-20(18)31-33(21(34)22(35)38-4)17-9-7-8-12-28-17/h7-13H,5-6H2,1-4H3/q+1. The first-order valence-corrected chi connectivity index (χ1v) is 12.8. The zero-order valence-corrected chi connectivity index (χ0v) is 22.1. The van der Waals surface area contributed by atoms with Crippen LogP contribution in [0.3, 0.4) is 0 Å². The summed E-state index contributed by atoms with van der Waals surface area (Å²) in [6.45, 7) is 7.24. The van der Waals surface area contributed by atoms with Crippen LogP contribution < -0.4 is 9.58 Å². The molecule has 11 nitrogen and oxygen atoms in total. The number of aryl methyl sites for hydroxylation is 1. The van der Waals surface area contributed by atoms with E-state index in [9.17, 15) is 27.0 Å². The number of ether oxygens (including phenoxy) is 1. The van der Waals surface area contributed by atoms with Crippen molar-refractivity contribution in [2.75, 3.05) is 25.1 Å². The number of benzene rings is 1. The van der Waals surface area contributed by atoms with Crippen molar-refractivity contribution in [2.24, 2.45) is 10.1 Å². The van der Waals surface area contributed by atoms with Crippen LogP contribution in [0.2, 0.25) is 0 Å². The monoisotopic (exact) mass is 562 g/mol. The molecule has 1 aromatic carbocycles. The predicted octanol–water partition coefficient (Wildman–Crippen LogP) is 2.63. The van der Waals surface area contributed by atoms with Gasteiger partial charge in [0.1, 0.15) is 0 Å². The number of esters is 1. The number of aliphatic imine (C=N–C) groups is 1. The molecule has 39 heavy (non-hydrogen) atoms. The summed E-state index contributed by atoms with van der Waals surface area (Å²) in [5.41, 5.74) is -4.74. The second-order valence-electron chi connectivity index (χ2n) is 8.10. The van der Waals surface area contributed by atoms with Crippen LogP contribution in [-0.2, 0) is 20.3 Å². The second-order valence-corrected chi connectivity index (χ2v) is 9.48. The molecule has 0 saturated carbocycles. The zero-order chi connectivity index (χ0) is 28.5. The number of aromatic nitrogens is 4. The van der Waals surface area contributed by atoms with Crippen LogP contribution in [0.5, 0.6) is 0 Å². The molecule has 1 atom stereocenters. The quantitative estimate of drug-likeness (QED) is 0.320. The molecule has 0 aliphatic carbocycles. The Hall–Kier alpha value is -4.27. The van der Waals surface area contributed by atoms with E-state index in [0.717, 1.165) is 35.2 Å². The summed E-state index contributed by atoms with van der Waals surface area (Å²) >= 11 is 0. The first-order valence-electron chi connectivity index (χ1n) is 11.6. The van der Waals surface area contributed by atoms with Crippen molar-refractivity contribution in [1.82, 2.24) is 14.8 Å². The largest absolute Gasteiger partial charge is 0.479 e. The van der Waals surface area contributed by atoms with Crippen LogP contribution in [0.1, 0.15) is 35.9 Å². The second kappa shape index (κ2) is 10.8. The van der Waals surface area contributed by atoms with Gasteiger partial charge in [0.25, 0.3) is 5.12 Å². The Morgan fingerprint density at radius 2 is 1.90 bits per heavy atom. The molecule has 15 heteroatoms. The Labute approximate surface area is 223 Å². The fourth-order valence-corrected chi connectivity index (χ4v) is 4.40. The summed E-state index contributed by atoms with van der Waals surface area (Å²) in [4.78, 5) is 36.1. The Morgan fingerprint density at radius 3 is 2.46 bits per heavy atom. The van der Waals surface area contributed by atoms with Crippen molar-refractivity contribution in [3.05, 3.63) is 59.8 Å². The lowest BCUT2D eigenvalue weighted by atomic mass is 10.1. The third kappa shape index (κ3) is 5.21. The van der Waals surface area contributed by atoms with Crippen LogP contribution >= 0.6 is 0 Å². The molecule has 4 rings (SSSR count). The summed E-state index contributed by atoms with van der Waals surface area (Å²) < 4.78 is 58.4. The molecule has 2 aromatic heterocycles. The lowest BCUT2D eigenvalue weighted by molar-refractivity contribution is -0.679. The van der Waals surface area contributed by atoms with Gasteiger partial charge < -0.3 is 9.64 Å². The van der Waals surface area contributed by atoms with Gasteiger partial charge in [-0.2, -0.15) is 13.2 Å². The van der Waals surface area contributed by atoms with Crippen molar-refractivity contribution >= 4 is 44.7 Å². The van der Waals surface area contributed by atoms with Crippen LogP contribution in [0.4, 0.5) is 24.5 Å². The maximum Gasteiger partial charge on any atom is 0.479 e. The summed E-state index contributed by atoms with van der Waals surface area (Å²) in [6.07, 6.45) is 1.44. The highest BCUT2D eigenvalue weighted by Crippen LogP contribution is 2.27. The van der Waals surface area contributed by atoms with Gasteiger partial charge in [0.15, 0.2) is 11.4 Å². The SMILES string of the molecule is CCN(CC)c1ccc(N=C2C(C(=O)S(=O)C(F)(F)F)=N[n+]3c2nn(-c2ccccn2)c3C(=O)OC)c(C)c1. The van der Waals surface area contributed by atoms with Gasteiger partial charge in [-0.1, -0.05) is 15.8 Å². The number of nitrogens with zero attached hydrogens (tertiary/aromatic N) is 7. The van der Waals surface area contributed by atoms with E-state index in [-0.39, 0.29) is 17.5 Å². The van der Waals surface area contributed by atoms with Crippen molar-refractivity contribution in [3.8, 4) is 5.82 Å². The molecule has 0 radical (unpaired) electrons. The molecular formula is C24H23F3N7O4S+. The number of carbonyl (C=O) groups excluding carboxylic acids is 2. The third-order valence-electron chi connectivity index (χ3n) is 5.78. The van der Waals surface area contributed by atoms with Crippen molar-refractivity contribution < 1.29 is 36.4 Å². The number of anilines is 1. The number of carbonyl (C=O) groups is 2. The normalized spacial score (nSPS) is 14.6. The van der Waals surface area contributed by atoms with E-state index >= 15 is 0 Å². The minimum atomic E-state index is -5.34. The van der Waals surface area contributed by atoms with Crippen molar-refractivity contribution in [3.63, 3.8) is 0 Å². The molecular weight excluding hydrogens is 539 g/mol. The Kier molecular flexibility index (Phi) is 7.72. The Balaban J connectivity index is 1.95. The molecule has 3 aromatic rings. The van der Waals surface area contributed by atoms with Crippen molar-refractivity contribution in [1.29, 1.82) is 0 Å². The number of alkyl halides is 3. The van der Waals surface area contributed by atoms with E-state index in [1.807, 2.05) is 19.9 Å². The highest BCUT2D eigenvalue weighted by Gasteiger charge is 2.50. The Bertz CT molecular complexity index is 1530. The van der Waals surface area contributed by atoms with Gasteiger partial charge in [-0.3, -0.25) is 4.79 Å². The molecule has 0 N–H and O–H groups in total. The first-order chi connectivity index (χ1) is 18.5. The lowest BCUT2D eigenvalue weighted by Gasteiger charge is -2.21. The molecule has 0 amide bonds. The highest BCUT2D eigenvalue weighted by atomic mass is 32.2. The maximum atomic E-state index is 13.2. The molecule has 1 aliphatic rings. The van der Waals surface area contributed by atoms with E-state index in [2.05, 4.69) is 25.1 Å². The van der Waals surface area contributed by atoms with E-state index in [1.54, 1.807) is 31.2 Å². The van der Waals surface area contributed by atoms with Gasteiger partial charge >= 0.3 is 23.1 Å². The average Bonchev–Trinajstić information content (AvgIpc) is 3.46. The van der Waals surface area contributed by atoms with Crippen LogP contribution in [-0.4, -0.2) is 67.2 Å². The molecule has 1 aliphatic heterocycles. The minimum Gasteiger partial charge on any atom is -0.461 e. The van der Waals surface area contributed by atoms with Crippen LogP contribution in [0, 0.1) is 6.92 Å². The van der Waals surface area contributed by atoms with E-state index in [0.29, 0.717) is 11.3 Å². The number of halogens is 3. The van der Waals surface area contributed by atoms with Crippen LogP contribution in [0.25, 0.3) is 5.82 Å². The molecule has 3 heterocycles. The maximum absolute atomic E-state index is 13.2. The summed E-state index contributed by atoms with van der Waals surface area (Å²) in [6, 6.07) is 10.0. The van der Waals surface area contributed by atoms with E-state index in [1.165, 1.54) is 12.3 Å². The van der Waals surface area contributed by atoms with Gasteiger partial charge in [0, 0.05) is 31.0 Å². The lowest BCUT2D eigenvalue weighted by Crippen LogP contribution is -2.37. The summed E-state index contributed by atoms with van der Waals surface area (Å²) in [5.74, 6) is -1.40. The summed E-state index contributed by atoms with van der Waals surface area (Å²) in [5, 5.41) is 6.39. The van der Waals surface area contributed by atoms with Gasteiger partial charge in [0.05, 0.1) is 17.9 Å². The molecule has 0 spiro atoms. The highest BCUT2D eigenvalue weighted by molar-refractivity contribution is 8.03. The minimum absolute atomic E-state index is 0.167. The average molecular weight is 563 g/mol. The van der Waals surface area contributed by atoms with E-state index in [4.69, 9.17) is 4.74 Å². The topological polar surface area (TPSA) is 123 Å². The Morgan fingerprint density at radius 1 is 1.18 bits per heavy atom. The number of methoxy groups -OCH3 is 1. The number of hydrogen-bond acceptors (Lipinski definition) is 9. The molecule has 0 saturated heterocycles. The first kappa shape index (κ1) is 27.8. The van der Waals surface area contributed by atoms with Crippen LogP contribution in [0.15, 0.2) is 52.7 Å².